The van der Waals surface area contributed by atoms with E-state index in [4.69, 9.17) is 4.42 Å². The zero-order valence-corrected chi connectivity index (χ0v) is 17.3. The summed E-state index contributed by atoms with van der Waals surface area (Å²) in [5.41, 5.74) is 1.60. The standard InChI is InChI=1S/C24H18N4O2S/c29-22(20-8-7-17-4-1-2-5-19(17)14-20)16-31-24-27-26-23(18-9-11-25-12-10-18)28(24)15-21-6-3-13-30-21/h1-14H,15-16H2. The summed E-state index contributed by atoms with van der Waals surface area (Å²) in [6.07, 6.45) is 5.08. The van der Waals surface area contributed by atoms with E-state index in [-0.39, 0.29) is 11.5 Å². The van der Waals surface area contributed by atoms with Crippen LogP contribution in [0.3, 0.4) is 0 Å². The molecule has 2 aromatic carbocycles. The second-order valence-electron chi connectivity index (χ2n) is 6.98. The topological polar surface area (TPSA) is 73.8 Å². The van der Waals surface area contributed by atoms with Crippen molar-refractivity contribution in [3.8, 4) is 11.4 Å². The van der Waals surface area contributed by atoms with Crippen molar-refractivity contribution < 1.29 is 9.21 Å². The zero-order chi connectivity index (χ0) is 21.0. The summed E-state index contributed by atoms with van der Waals surface area (Å²) < 4.78 is 7.49. The summed E-state index contributed by atoms with van der Waals surface area (Å²) in [6, 6.07) is 21.3. The molecule has 0 aliphatic carbocycles. The van der Waals surface area contributed by atoms with Crippen molar-refractivity contribution in [3.63, 3.8) is 0 Å². The molecule has 0 N–H and O–H groups in total. The number of carbonyl (C=O) groups is 1. The van der Waals surface area contributed by atoms with Crippen LogP contribution in [-0.2, 0) is 6.54 Å². The van der Waals surface area contributed by atoms with E-state index in [1.54, 1.807) is 18.7 Å². The Kier molecular flexibility index (Phi) is 5.33. The second-order valence-corrected chi connectivity index (χ2v) is 7.92. The minimum absolute atomic E-state index is 0.0498. The van der Waals surface area contributed by atoms with E-state index in [1.807, 2.05) is 71.3 Å². The van der Waals surface area contributed by atoms with Gasteiger partial charge in [0.2, 0.25) is 0 Å². The van der Waals surface area contributed by atoms with Crippen LogP contribution in [0, 0.1) is 0 Å². The molecule has 0 amide bonds. The van der Waals surface area contributed by atoms with Crippen molar-refractivity contribution in [1.29, 1.82) is 0 Å². The van der Waals surface area contributed by atoms with Gasteiger partial charge in [-0.15, -0.1) is 10.2 Å². The molecule has 6 nitrogen and oxygen atoms in total. The summed E-state index contributed by atoms with van der Waals surface area (Å²) in [5, 5.41) is 11.6. The molecule has 0 aliphatic rings. The Bertz CT molecular complexity index is 1330. The molecule has 0 atom stereocenters. The van der Waals surface area contributed by atoms with Gasteiger partial charge >= 0.3 is 0 Å². The third-order valence-electron chi connectivity index (χ3n) is 4.95. The quantitative estimate of drug-likeness (QED) is 0.266. The van der Waals surface area contributed by atoms with Crippen LogP contribution in [0.2, 0.25) is 0 Å². The molecule has 0 bridgehead atoms. The molecule has 0 saturated heterocycles. The molecule has 3 aromatic heterocycles. The third-order valence-corrected chi connectivity index (χ3v) is 5.92. The van der Waals surface area contributed by atoms with E-state index in [0.717, 1.165) is 22.1 Å². The smallest absolute Gasteiger partial charge is 0.192 e. The average Bonchev–Trinajstić information content (AvgIpc) is 3.48. The number of aromatic nitrogens is 4. The highest BCUT2D eigenvalue weighted by Crippen LogP contribution is 2.26. The van der Waals surface area contributed by atoms with Gasteiger partial charge in [0, 0.05) is 23.5 Å². The Hall–Kier alpha value is -3.71. The van der Waals surface area contributed by atoms with E-state index >= 15 is 0 Å². The molecular weight excluding hydrogens is 408 g/mol. The van der Waals surface area contributed by atoms with Crippen LogP contribution in [0.1, 0.15) is 16.1 Å². The lowest BCUT2D eigenvalue weighted by Gasteiger charge is -2.09. The second kappa shape index (κ2) is 8.57. The Labute approximate surface area is 183 Å². The molecule has 31 heavy (non-hydrogen) atoms. The lowest BCUT2D eigenvalue weighted by molar-refractivity contribution is 0.102. The predicted octanol–water partition coefficient (Wildman–Crippen LogP) is 5.11. The fraction of sp³-hybridized carbons (Fsp3) is 0.0833. The number of hydrogen-bond acceptors (Lipinski definition) is 6. The van der Waals surface area contributed by atoms with Crippen molar-refractivity contribution in [1.82, 2.24) is 19.7 Å². The highest BCUT2D eigenvalue weighted by Gasteiger charge is 2.17. The molecule has 0 aliphatic heterocycles. The molecule has 0 spiro atoms. The minimum atomic E-state index is 0.0498. The number of fused-ring (bicyclic) bond motifs is 1. The number of nitrogens with zero attached hydrogens (tertiary/aromatic N) is 4. The van der Waals surface area contributed by atoms with E-state index in [0.29, 0.717) is 23.1 Å². The fourth-order valence-corrected chi connectivity index (χ4v) is 4.22. The number of carbonyl (C=O) groups excluding carboxylic acids is 1. The Morgan fingerprint density at radius 3 is 2.58 bits per heavy atom. The van der Waals surface area contributed by atoms with Gasteiger partial charge in [-0.3, -0.25) is 14.3 Å². The lowest BCUT2D eigenvalue weighted by Crippen LogP contribution is -2.06. The van der Waals surface area contributed by atoms with E-state index in [1.165, 1.54) is 11.8 Å². The fourth-order valence-electron chi connectivity index (χ4n) is 3.39. The van der Waals surface area contributed by atoms with Gasteiger partial charge in [-0.25, -0.2) is 0 Å². The lowest BCUT2D eigenvalue weighted by atomic mass is 10.1. The zero-order valence-electron chi connectivity index (χ0n) is 16.5. The van der Waals surface area contributed by atoms with Crippen molar-refractivity contribution in [2.75, 3.05) is 5.75 Å². The number of rotatable bonds is 7. The van der Waals surface area contributed by atoms with Gasteiger partial charge in [0.1, 0.15) is 5.76 Å². The van der Waals surface area contributed by atoms with Gasteiger partial charge in [0.05, 0.1) is 18.6 Å². The minimum Gasteiger partial charge on any atom is -0.467 e. The first-order valence-electron chi connectivity index (χ1n) is 9.79. The van der Waals surface area contributed by atoms with E-state index in [2.05, 4.69) is 15.2 Å². The first-order chi connectivity index (χ1) is 15.3. The van der Waals surface area contributed by atoms with Gasteiger partial charge in [0.15, 0.2) is 16.8 Å². The molecule has 152 valence electrons. The molecule has 0 radical (unpaired) electrons. The van der Waals surface area contributed by atoms with Gasteiger partial charge in [-0.2, -0.15) is 0 Å². The molecule has 0 saturated carbocycles. The molecule has 7 heteroatoms. The predicted molar refractivity (Wildman–Crippen MR) is 120 cm³/mol. The highest BCUT2D eigenvalue weighted by atomic mass is 32.2. The van der Waals surface area contributed by atoms with Gasteiger partial charge in [-0.05, 0) is 41.1 Å². The third kappa shape index (κ3) is 4.13. The van der Waals surface area contributed by atoms with Crippen LogP contribution in [0.5, 0.6) is 0 Å². The summed E-state index contributed by atoms with van der Waals surface area (Å²) in [4.78, 5) is 16.9. The summed E-state index contributed by atoms with van der Waals surface area (Å²) >= 11 is 1.38. The van der Waals surface area contributed by atoms with Gasteiger partial charge in [0.25, 0.3) is 0 Å². The first-order valence-corrected chi connectivity index (χ1v) is 10.8. The van der Waals surface area contributed by atoms with Crippen molar-refractivity contribution >= 4 is 28.3 Å². The van der Waals surface area contributed by atoms with Crippen molar-refractivity contribution in [2.45, 2.75) is 11.7 Å². The number of hydrogen-bond donors (Lipinski definition) is 0. The normalized spacial score (nSPS) is 11.1. The van der Waals surface area contributed by atoms with Crippen LogP contribution >= 0.6 is 11.8 Å². The van der Waals surface area contributed by atoms with Gasteiger partial charge < -0.3 is 4.42 Å². The molecule has 5 aromatic rings. The van der Waals surface area contributed by atoms with Crippen molar-refractivity contribution in [3.05, 3.63) is 96.7 Å². The Balaban J connectivity index is 1.40. The van der Waals surface area contributed by atoms with Crippen LogP contribution in [0.4, 0.5) is 0 Å². The van der Waals surface area contributed by atoms with Gasteiger partial charge in [-0.1, -0.05) is 48.2 Å². The SMILES string of the molecule is O=C(CSc1nnc(-c2ccncc2)n1Cc1ccco1)c1ccc2ccccc2c1. The molecular formula is C24H18N4O2S. The number of benzene rings is 2. The van der Waals surface area contributed by atoms with Crippen molar-refractivity contribution in [2.24, 2.45) is 0 Å². The maximum absolute atomic E-state index is 12.9. The number of thioether (sulfide) groups is 1. The largest absolute Gasteiger partial charge is 0.467 e. The van der Waals surface area contributed by atoms with Crippen LogP contribution in [0.25, 0.3) is 22.2 Å². The monoisotopic (exact) mass is 426 g/mol. The van der Waals surface area contributed by atoms with E-state index < -0.39 is 0 Å². The maximum Gasteiger partial charge on any atom is 0.192 e. The molecule has 5 rings (SSSR count). The Morgan fingerprint density at radius 1 is 0.935 bits per heavy atom. The summed E-state index contributed by atoms with van der Waals surface area (Å²) in [5.74, 6) is 1.82. The number of Topliss-reactive ketones (excluding diaryl/α,β-unsaturated/α-hetero) is 1. The number of ketones is 1. The first kappa shape index (κ1) is 19.3. The summed E-state index contributed by atoms with van der Waals surface area (Å²) in [7, 11) is 0. The number of pyridine rings is 1. The van der Waals surface area contributed by atoms with E-state index in [9.17, 15) is 4.79 Å². The maximum atomic E-state index is 12.9. The average molecular weight is 427 g/mol. The molecule has 0 unspecified atom stereocenters. The number of furan rings is 1. The van der Waals surface area contributed by atoms with Crippen LogP contribution in [-0.4, -0.2) is 31.3 Å². The van der Waals surface area contributed by atoms with Crippen LogP contribution in [0.15, 0.2) is 95.0 Å². The Morgan fingerprint density at radius 2 is 1.77 bits per heavy atom. The van der Waals surface area contributed by atoms with Crippen LogP contribution < -0.4 is 0 Å². The molecule has 3 heterocycles. The highest BCUT2D eigenvalue weighted by molar-refractivity contribution is 7.99. The molecule has 0 fully saturated rings. The summed E-state index contributed by atoms with van der Waals surface area (Å²) in [6.45, 7) is 0.476.